The van der Waals surface area contributed by atoms with Crippen LogP contribution in [0.4, 0.5) is 5.69 Å². The molecule has 0 aromatic heterocycles. The van der Waals surface area contributed by atoms with Gasteiger partial charge in [-0.05, 0) is 30.0 Å². The molecule has 16 heavy (non-hydrogen) atoms. The van der Waals surface area contributed by atoms with E-state index in [1.54, 1.807) is 24.3 Å². The minimum Gasteiger partial charge on any atom is -0.462 e. The second-order valence-electron chi connectivity index (χ2n) is 5.07. The van der Waals surface area contributed by atoms with Gasteiger partial charge < -0.3 is 10.5 Å². The van der Waals surface area contributed by atoms with Crippen LogP contribution in [0.25, 0.3) is 0 Å². The standard InChI is InChI=1S/C13H19NO2/c1-13(2,3)7-8-16-12(15)10-5-4-6-11(14)9-10/h4-6,9H,7-8,14H2,1-3H3. The molecule has 3 heteroatoms. The molecule has 0 spiro atoms. The second-order valence-corrected chi connectivity index (χ2v) is 5.07. The molecule has 3 nitrogen and oxygen atoms in total. The van der Waals surface area contributed by atoms with E-state index < -0.39 is 0 Å². The number of hydrogen-bond donors (Lipinski definition) is 1. The molecule has 0 amide bonds. The average Bonchev–Trinajstić information content (AvgIpc) is 2.15. The Morgan fingerprint density at radius 3 is 2.62 bits per heavy atom. The Labute approximate surface area is 96.6 Å². The summed E-state index contributed by atoms with van der Waals surface area (Å²) in [5.41, 5.74) is 6.85. The predicted octanol–water partition coefficient (Wildman–Crippen LogP) is 2.86. The fourth-order valence-corrected chi connectivity index (χ4v) is 1.20. The SMILES string of the molecule is CC(C)(C)CCOC(=O)c1cccc(N)c1. The largest absolute Gasteiger partial charge is 0.462 e. The summed E-state index contributed by atoms with van der Waals surface area (Å²) in [5.74, 6) is -0.309. The van der Waals surface area contributed by atoms with Crippen molar-refractivity contribution in [3.63, 3.8) is 0 Å². The lowest BCUT2D eigenvalue weighted by Gasteiger charge is -2.17. The van der Waals surface area contributed by atoms with Crippen LogP contribution in [-0.2, 0) is 4.74 Å². The summed E-state index contributed by atoms with van der Waals surface area (Å²) < 4.78 is 5.16. The third-order valence-electron chi connectivity index (χ3n) is 2.21. The van der Waals surface area contributed by atoms with Crippen LogP contribution in [0.5, 0.6) is 0 Å². The Balaban J connectivity index is 2.47. The van der Waals surface area contributed by atoms with Crippen LogP contribution in [0.15, 0.2) is 24.3 Å². The molecule has 0 aliphatic rings. The Morgan fingerprint density at radius 2 is 2.06 bits per heavy atom. The smallest absolute Gasteiger partial charge is 0.338 e. The quantitative estimate of drug-likeness (QED) is 0.630. The first-order valence-electron chi connectivity index (χ1n) is 5.41. The highest BCUT2D eigenvalue weighted by Crippen LogP contribution is 2.18. The van der Waals surface area contributed by atoms with Crippen molar-refractivity contribution >= 4 is 11.7 Å². The Bertz CT molecular complexity index is 366. The van der Waals surface area contributed by atoms with Crippen molar-refractivity contribution in [3.05, 3.63) is 29.8 Å². The Hall–Kier alpha value is -1.51. The van der Waals surface area contributed by atoms with Gasteiger partial charge in [0.1, 0.15) is 0 Å². The predicted molar refractivity (Wildman–Crippen MR) is 65.2 cm³/mol. The number of nitrogen functional groups attached to an aromatic ring is 1. The first kappa shape index (κ1) is 12.6. The molecule has 0 unspecified atom stereocenters. The van der Waals surface area contributed by atoms with E-state index in [-0.39, 0.29) is 11.4 Å². The van der Waals surface area contributed by atoms with Gasteiger partial charge in [-0.1, -0.05) is 26.8 Å². The van der Waals surface area contributed by atoms with Crippen LogP contribution >= 0.6 is 0 Å². The first-order valence-corrected chi connectivity index (χ1v) is 5.41. The van der Waals surface area contributed by atoms with Crippen LogP contribution in [-0.4, -0.2) is 12.6 Å². The van der Waals surface area contributed by atoms with E-state index >= 15 is 0 Å². The molecule has 1 aromatic rings. The molecule has 0 bridgehead atoms. The van der Waals surface area contributed by atoms with Crippen molar-refractivity contribution in [1.82, 2.24) is 0 Å². The molecule has 1 rings (SSSR count). The summed E-state index contributed by atoms with van der Waals surface area (Å²) in [6.45, 7) is 6.78. The van der Waals surface area contributed by atoms with Crippen LogP contribution in [0.3, 0.4) is 0 Å². The summed E-state index contributed by atoms with van der Waals surface area (Å²) in [6, 6.07) is 6.82. The van der Waals surface area contributed by atoms with Crippen molar-refractivity contribution in [3.8, 4) is 0 Å². The normalized spacial score (nSPS) is 11.2. The number of anilines is 1. The summed E-state index contributed by atoms with van der Waals surface area (Å²) >= 11 is 0. The number of nitrogens with two attached hydrogens (primary N) is 1. The van der Waals surface area contributed by atoms with Gasteiger partial charge in [0.15, 0.2) is 0 Å². The topological polar surface area (TPSA) is 52.3 Å². The number of rotatable bonds is 3. The van der Waals surface area contributed by atoms with Crippen LogP contribution in [0.1, 0.15) is 37.6 Å². The van der Waals surface area contributed by atoms with Crippen LogP contribution in [0, 0.1) is 5.41 Å². The first-order chi connectivity index (χ1) is 7.38. The molecule has 0 saturated heterocycles. The van der Waals surface area contributed by atoms with E-state index in [0.717, 1.165) is 6.42 Å². The van der Waals surface area contributed by atoms with Gasteiger partial charge in [-0.15, -0.1) is 0 Å². The molecule has 88 valence electrons. The van der Waals surface area contributed by atoms with Gasteiger partial charge in [0.05, 0.1) is 12.2 Å². The maximum atomic E-state index is 11.6. The molecule has 0 atom stereocenters. The van der Waals surface area contributed by atoms with Crippen molar-refractivity contribution in [2.24, 2.45) is 5.41 Å². The zero-order valence-corrected chi connectivity index (χ0v) is 10.1. The highest BCUT2D eigenvalue weighted by Gasteiger charge is 2.12. The minimum atomic E-state index is -0.309. The van der Waals surface area contributed by atoms with Gasteiger partial charge in [0.2, 0.25) is 0 Å². The van der Waals surface area contributed by atoms with Crippen molar-refractivity contribution < 1.29 is 9.53 Å². The summed E-state index contributed by atoms with van der Waals surface area (Å²) in [7, 11) is 0. The highest BCUT2D eigenvalue weighted by molar-refractivity contribution is 5.90. The van der Waals surface area contributed by atoms with E-state index in [9.17, 15) is 4.79 Å². The lowest BCUT2D eigenvalue weighted by molar-refractivity contribution is 0.0465. The molecule has 0 radical (unpaired) electrons. The zero-order valence-electron chi connectivity index (χ0n) is 10.1. The van der Waals surface area contributed by atoms with Gasteiger partial charge >= 0.3 is 5.97 Å². The average molecular weight is 221 g/mol. The minimum absolute atomic E-state index is 0.177. The molecule has 0 saturated carbocycles. The van der Waals surface area contributed by atoms with Gasteiger partial charge in [0.25, 0.3) is 0 Å². The third-order valence-corrected chi connectivity index (χ3v) is 2.21. The number of esters is 1. The Morgan fingerprint density at radius 1 is 1.38 bits per heavy atom. The van der Waals surface area contributed by atoms with Gasteiger partial charge in [-0.2, -0.15) is 0 Å². The molecular weight excluding hydrogens is 202 g/mol. The number of ether oxygens (including phenoxy) is 1. The third kappa shape index (κ3) is 4.34. The highest BCUT2D eigenvalue weighted by atomic mass is 16.5. The lowest BCUT2D eigenvalue weighted by Crippen LogP contribution is -2.13. The van der Waals surface area contributed by atoms with Crippen LogP contribution in [0.2, 0.25) is 0 Å². The van der Waals surface area contributed by atoms with Gasteiger partial charge in [0, 0.05) is 5.69 Å². The van der Waals surface area contributed by atoms with Crippen molar-refractivity contribution in [2.45, 2.75) is 27.2 Å². The molecule has 2 N–H and O–H groups in total. The van der Waals surface area contributed by atoms with Crippen molar-refractivity contribution in [2.75, 3.05) is 12.3 Å². The van der Waals surface area contributed by atoms with E-state index in [2.05, 4.69) is 20.8 Å². The fourth-order valence-electron chi connectivity index (χ4n) is 1.20. The fraction of sp³-hybridized carbons (Fsp3) is 0.462. The molecule has 0 fully saturated rings. The summed E-state index contributed by atoms with van der Waals surface area (Å²) in [4.78, 5) is 11.6. The van der Waals surface area contributed by atoms with Gasteiger partial charge in [-0.3, -0.25) is 0 Å². The Kier molecular flexibility index (Phi) is 3.93. The number of carbonyl (C=O) groups excluding carboxylic acids is 1. The van der Waals surface area contributed by atoms with E-state index in [1.165, 1.54) is 0 Å². The van der Waals surface area contributed by atoms with E-state index in [4.69, 9.17) is 10.5 Å². The zero-order chi connectivity index (χ0) is 12.2. The van der Waals surface area contributed by atoms with E-state index in [1.807, 2.05) is 0 Å². The maximum Gasteiger partial charge on any atom is 0.338 e. The second kappa shape index (κ2) is 5.01. The molecule has 0 heterocycles. The van der Waals surface area contributed by atoms with Crippen LogP contribution < -0.4 is 5.73 Å². The van der Waals surface area contributed by atoms with Crippen molar-refractivity contribution in [1.29, 1.82) is 0 Å². The molecule has 1 aromatic carbocycles. The van der Waals surface area contributed by atoms with Gasteiger partial charge in [-0.25, -0.2) is 4.79 Å². The molecule has 0 aliphatic heterocycles. The maximum absolute atomic E-state index is 11.6. The number of carbonyl (C=O) groups is 1. The van der Waals surface area contributed by atoms with E-state index in [0.29, 0.717) is 17.9 Å². The lowest BCUT2D eigenvalue weighted by atomic mass is 9.93. The summed E-state index contributed by atoms with van der Waals surface area (Å²) in [5, 5.41) is 0. The number of benzene rings is 1. The molecule has 0 aliphatic carbocycles. The number of hydrogen-bond acceptors (Lipinski definition) is 3. The monoisotopic (exact) mass is 221 g/mol. The molecular formula is C13H19NO2. The summed E-state index contributed by atoms with van der Waals surface area (Å²) in [6.07, 6.45) is 0.848.